The number of hydrogen-bond acceptors (Lipinski definition) is 4. The SMILES string of the molecule is CCCCS(=O)CC(N)c1ccc2c(c1)OCCCO2. The lowest BCUT2D eigenvalue weighted by atomic mass is 10.1. The van der Waals surface area contributed by atoms with E-state index < -0.39 is 10.8 Å². The molecule has 112 valence electrons. The van der Waals surface area contributed by atoms with Gasteiger partial charge in [0.2, 0.25) is 0 Å². The van der Waals surface area contributed by atoms with Gasteiger partial charge in [-0.3, -0.25) is 4.21 Å². The van der Waals surface area contributed by atoms with Crippen LogP contribution in [0.2, 0.25) is 0 Å². The third-order valence-corrected chi connectivity index (χ3v) is 4.77. The smallest absolute Gasteiger partial charge is 0.161 e. The van der Waals surface area contributed by atoms with E-state index in [4.69, 9.17) is 15.2 Å². The van der Waals surface area contributed by atoms with E-state index in [-0.39, 0.29) is 6.04 Å². The van der Waals surface area contributed by atoms with Gasteiger partial charge in [0.25, 0.3) is 0 Å². The summed E-state index contributed by atoms with van der Waals surface area (Å²) >= 11 is 0. The molecule has 0 fully saturated rings. The second kappa shape index (κ2) is 7.64. The van der Waals surface area contributed by atoms with Crippen molar-refractivity contribution in [3.63, 3.8) is 0 Å². The summed E-state index contributed by atoms with van der Waals surface area (Å²) in [5.74, 6) is 2.74. The van der Waals surface area contributed by atoms with Gasteiger partial charge in [0.05, 0.1) is 13.2 Å². The molecule has 1 aliphatic heterocycles. The van der Waals surface area contributed by atoms with Crippen LogP contribution in [-0.4, -0.2) is 28.9 Å². The quantitative estimate of drug-likeness (QED) is 0.876. The van der Waals surface area contributed by atoms with E-state index in [0.29, 0.717) is 19.0 Å². The summed E-state index contributed by atoms with van der Waals surface area (Å²) in [6.07, 6.45) is 2.93. The molecule has 0 aromatic heterocycles. The fraction of sp³-hybridized carbons (Fsp3) is 0.600. The molecule has 1 aromatic rings. The second-order valence-electron chi connectivity index (χ2n) is 5.03. The number of benzene rings is 1. The van der Waals surface area contributed by atoms with E-state index in [1.165, 1.54) is 0 Å². The van der Waals surface area contributed by atoms with Crippen molar-refractivity contribution < 1.29 is 13.7 Å². The van der Waals surface area contributed by atoms with E-state index in [1.54, 1.807) is 0 Å². The van der Waals surface area contributed by atoms with Crippen molar-refractivity contribution >= 4 is 10.8 Å². The van der Waals surface area contributed by atoms with Crippen LogP contribution in [0.5, 0.6) is 11.5 Å². The highest BCUT2D eigenvalue weighted by atomic mass is 32.2. The molecule has 2 unspecified atom stereocenters. The van der Waals surface area contributed by atoms with Crippen molar-refractivity contribution in [2.24, 2.45) is 5.73 Å². The first-order valence-electron chi connectivity index (χ1n) is 7.21. The van der Waals surface area contributed by atoms with Gasteiger partial charge in [0.1, 0.15) is 0 Å². The van der Waals surface area contributed by atoms with E-state index in [2.05, 4.69) is 6.92 Å². The normalized spacial score (nSPS) is 17.3. The third kappa shape index (κ3) is 4.21. The van der Waals surface area contributed by atoms with Crippen molar-refractivity contribution in [1.29, 1.82) is 0 Å². The Morgan fingerprint density at radius 2 is 2.05 bits per heavy atom. The Kier molecular flexibility index (Phi) is 5.86. The van der Waals surface area contributed by atoms with Crippen LogP contribution in [0.3, 0.4) is 0 Å². The Morgan fingerprint density at radius 1 is 1.30 bits per heavy atom. The maximum atomic E-state index is 11.9. The van der Waals surface area contributed by atoms with Crippen molar-refractivity contribution in [2.75, 3.05) is 24.7 Å². The Bertz CT molecular complexity index is 464. The zero-order valence-corrected chi connectivity index (χ0v) is 12.8. The highest BCUT2D eigenvalue weighted by Gasteiger charge is 2.15. The molecule has 4 nitrogen and oxygen atoms in total. The van der Waals surface area contributed by atoms with Gasteiger partial charge in [-0.15, -0.1) is 0 Å². The average molecular weight is 297 g/mol. The van der Waals surface area contributed by atoms with Crippen LogP contribution in [0.15, 0.2) is 18.2 Å². The minimum atomic E-state index is -0.853. The highest BCUT2D eigenvalue weighted by molar-refractivity contribution is 7.85. The van der Waals surface area contributed by atoms with E-state index in [0.717, 1.165) is 42.1 Å². The summed E-state index contributed by atoms with van der Waals surface area (Å²) in [6.45, 7) is 3.44. The van der Waals surface area contributed by atoms with E-state index in [1.807, 2.05) is 18.2 Å². The number of nitrogens with two attached hydrogens (primary N) is 1. The van der Waals surface area contributed by atoms with Crippen LogP contribution < -0.4 is 15.2 Å². The van der Waals surface area contributed by atoms with Crippen LogP contribution in [0.4, 0.5) is 0 Å². The third-order valence-electron chi connectivity index (χ3n) is 3.29. The lowest BCUT2D eigenvalue weighted by Gasteiger charge is -2.14. The summed E-state index contributed by atoms with van der Waals surface area (Å²) in [5, 5.41) is 0. The Morgan fingerprint density at radius 3 is 2.80 bits per heavy atom. The standard InChI is InChI=1S/C15H23NO3S/c1-2-3-9-20(17)11-13(16)12-5-6-14-15(10-12)19-8-4-7-18-14/h5-6,10,13H,2-4,7-9,11,16H2,1H3. The number of ether oxygens (including phenoxy) is 2. The lowest BCUT2D eigenvalue weighted by Crippen LogP contribution is -2.19. The van der Waals surface area contributed by atoms with Gasteiger partial charge in [0.15, 0.2) is 11.5 Å². The predicted molar refractivity (Wildman–Crippen MR) is 81.8 cm³/mol. The topological polar surface area (TPSA) is 61.6 Å². The van der Waals surface area contributed by atoms with Gasteiger partial charge in [-0.25, -0.2) is 0 Å². The molecule has 2 N–H and O–H groups in total. The molecule has 5 heteroatoms. The molecule has 20 heavy (non-hydrogen) atoms. The maximum Gasteiger partial charge on any atom is 0.161 e. The zero-order chi connectivity index (χ0) is 14.4. The van der Waals surface area contributed by atoms with Crippen molar-refractivity contribution in [3.05, 3.63) is 23.8 Å². The molecule has 0 saturated carbocycles. The van der Waals surface area contributed by atoms with Crippen LogP contribution >= 0.6 is 0 Å². The van der Waals surface area contributed by atoms with Crippen molar-refractivity contribution in [2.45, 2.75) is 32.2 Å². The Balaban J connectivity index is 2.01. The molecule has 0 bridgehead atoms. The van der Waals surface area contributed by atoms with Gasteiger partial charge >= 0.3 is 0 Å². The molecule has 0 aliphatic carbocycles. The van der Waals surface area contributed by atoms with Gasteiger partial charge in [-0.2, -0.15) is 0 Å². The highest BCUT2D eigenvalue weighted by Crippen LogP contribution is 2.32. The number of fused-ring (bicyclic) bond motifs is 1. The Hall–Kier alpha value is -1.07. The van der Waals surface area contributed by atoms with Gasteiger partial charge in [0, 0.05) is 34.8 Å². The fourth-order valence-electron chi connectivity index (χ4n) is 2.10. The Labute approximate surface area is 123 Å². The first kappa shape index (κ1) is 15.3. The molecular weight excluding hydrogens is 274 g/mol. The minimum Gasteiger partial charge on any atom is -0.490 e. The minimum absolute atomic E-state index is 0.218. The molecular formula is C15H23NO3S. The van der Waals surface area contributed by atoms with Crippen molar-refractivity contribution in [3.8, 4) is 11.5 Å². The number of hydrogen-bond donors (Lipinski definition) is 1. The van der Waals surface area contributed by atoms with E-state index in [9.17, 15) is 4.21 Å². The molecule has 0 amide bonds. The monoisotopic (exact) mass is 297 g/mol. The van der Waals surface area contributed by atoms with Gasteiger partial charge in [-0.05, 0) is 24.1 Å². The predicted octanol–water partition coefficient (Wildman–Crippen LogP) is 2.40. The number of unbranched alkanes of at least 4 members (excludes halogenated alkanes) is 1. The van der Waals surface area contributed by atoms with Gasteiger partial charge < -0.3 is 15.2 Å². The van der Waals surface area contributed by atoms with Crippen LogP contribution in [0.25, 0.3) is 0 Å². The van der Waals surface area contributed by atoms with Crippen LogP contribution in [-0.2, 0) is 10.8 Å². The summed E-state index contributed by atoms with van der Waals surface area (Å²) in [5.41, 5.74) is 7.11. The van der Waals surface area contributed by atoms with Gasteiger partial charge in [-0.1, -0.05) is 19.4 Å². The maximum absolute atomic E-state index is 11.9. The van der Waals surface area contributed by atoms with Crippen molar-refractivity contribution in [1.82, 2.24) is 0 Å². The first-order valence-corrected chi connectivity index (χ1v) is 8.69. The molecule has 1 aromatic carbocycles. The molecule has 2 atom stereocenters. The molecule has 0 saturated heterocycles. The van der Waals surface area contributed by atoms with Crippen LogP contribution in [0, 0.1) is 0 Å². The lowest BCUT2D eigenvalue weighted by molar-refractivity contribution is 0.297. The second-order valence-corrected chi connectivity index (χ2v) is 6.65. The molecule has 2 rings (SSSR count). The van der Waals surface area contributed by atoms with Crippen LogP contribution in [0.1, 0.15) is 37.8 Å². The summed E-state index contributed by atoms with van der Waals surface area (Å²) in [6, 6.07) is 5.53. The van der Waals surface area contributed by atoms with E-state index >= 15 is 0 Å². The zero-order valence-electron chi connectivity index (χ0n) is 12.0. The summed E-state index contributed by atoms with van der Waals surface area (Å²) < 4.78 is 23.1. The molecule has 0 radical (unpaired) electrons. The molecule has 1 aliphatic rings. The average Bonchev–Trinajstić information content (AvgIpc) is 2.69. The molecule has 0 spiro atoms. The fourth-order valence-corrected chi connectivity index (χ4v) is 3.47. The summed E-state index contributed by atoms with van der Waals surface area (Å²) in [4.78, 5) is 0. The number of rotatable bonds is 6. The largest absolute Gasteiger partial charge is 0.490 e. The summed E-state index contributed by atoms with van der Waals surface area (Å²) in [7, 11) is -0.853. The molecule has 1 heterocycles. The first-order chi connectivity index (χ1) is 9.70.